The Hall–Kier alpha value is -0.840. The van der Waals surface area contributed by atoms with E-state index in [4.69, 9.17) is 33.8 Å². The van der Waals surface area contributed by atoms with Gasteiger partial charge in [-0.2, -0.15) is 18.4 Å². The predicted molar refractivity (Wildman–Crippen MR) is 93.4 cm³/mol. The summed E-state index contributed by atoms with van der Waals surface area (Å²) >= 11 is 5.95. The monoisotopic (exact) mass is 537 g/mol. The van der Waals surface area contributed by atoms with Gasteiger partial charge in [0, 0.05) is 0 Å². The van der Waals surface area contributed by atoms with Crippen LogP contribution in [0.4, 0.5) is 4.39 Å². The summed E-state index contributed by atoms with van der Waals surface area (Å²) in [6.45, 7) is -5.43. The van der Waals surface area contributed by atoms with Crippen LogP contribution in [-0.4, -0.2) is 69.8 Å². The lowest BCUT2D eigenvalue weighted by Crippen LogP contribution is -2.47. The Balaban J connectivity index is 2.35. The molecule has 2 heterocycles. The number of hydrogen-bond donors (Lipinski definition) is 6. The number of aromatic amines is 1. The van der Waals surface area contributed by atoms with Crippen molar-refractivity contribution in [3.05, 3.63) is 27.0 Å². The van der Waals surface area contributed by atoms with Crippen LogP contribution < -0.4 is 11.2 Å². The van der Waals surface area contributed by atoms with E-state index in [1.54, 1.807) is 4.98 Å². The van der Waals surface area contributed by atoms with Crippen LogP contribution >= 0.6 is 35.1 Å². The zero-order valence-electron chi connectivity index (χ0n) is 16.4. The summed E-state index contributed by atoms with van der Waals surface area (Å²) in [5.74, 6) is 0. The number of hydrogen-bond acceptors (Lipinski definition) is 11. The normalized spacial score (nSPS) is 32.0. The lowest BCUT2D eigenvalue weighted by atomic mass is 10.0. The quantitative estimate of drug-likeness (QED) is 0.154. The minimum Gasteiger partial charge on any atom is -0.388 e. The molecule has 0 radical (unpaired) electrons. The van der Waals surface area contributed by atoms with Gasteiger partial charge in [-0.15, -0.1) is 11.6 Å². The highest BCUT2D eigenvalue weighted by Crippen LogP contribution is 2.66. The first kappa shape index (κ1) is 23.3. The fourth-order valence-electron chi connectivity index (χ4n) is 2.17. The Kier molecular flexibility index (Phi) is 6.91. The molecule has 22 heteroatoms. The number of halogens is 2. The summed E-state index contributed by atoms with van der Waals surface area (Å²) in [6.07, 6.45) is -6.58. The number of rotatable bonds is 9. The van der Waals surface area contributed by atoms with Gasteiger partial charge < -0.3 is 29.4 Å². The number of H-pyrrole nitrogens is 1. The Morgan fingerprint density at radius 1 is 1.29 bits per heavy atom. The van der Waals surface area contributed by atoms with E-state index in [2.05, 4.69) is 18.2 Å². The van der Waals surface area contributed by atoms with Crippen molar-refractivity contribution in [1.29, 1.82) is 0 Å². The summed E-state index contributed by atoms with van der Waals surface area (Å²) in [5, 5.41) is 13.7. The molecule has 0 aliphatic carbocycles. The number of alkyl halides is 2. The lowest BCUT2D eigenvalue weighted by Gasteiger charge is -2.26. The molecule has 17 nitrogen and oxygen atoms in total. The molecule has 0 saturated carbocycles. The van der Waals surface area contributed by atoms with Crippen molar-refractivity contribution in [2.45, 2.75) is 23.3 Å². The number of phosphoric ester groups is 1. The molecule has 6 atom stereocenters. The van der Waals surface area contributed by atoms with Crippen LogP contribution in [0.15, 0.2) is 15.8 Å². The Morgan fingerprint density at radius 3 is 2.42 bits per heavy atom. The molecule has 1 aliphatic rings. The molecule has 2 rings (SSSR count). The number of nitrogens with zero attached hydrogens (tertiary/aromatic N) is 2. The first-order chi connectivity index (χ1) is 14.7. The molecule has 178 valence electrons. The fourth-order valence-corrected chi connectivity index (χ4v) is 5.30. The molecule has 0 amide bonds. The van der Waals surface area contributed by atoms with Crippen molar-refractivity contribution < 1.29 is 63.4 Å². The number of nitrogens with one attached hydrogen (secondary N) is 1. The van der Waals surface area contributed by atoms with Crippen molar-refractivity contribution >= 4 is 35.1 Å². The van der Waals surface area contributed by atoms with Gasteiger partial charge in [0.2, 0.25) is 0 Å². The highest BCUT2D eigenvalue weighted by atomic mass is 35.5. The van der Waals surface area contributed by atoms with Crippen LogP contribution in [0.3, 0.4) is 0 Å². The molecule has 0 spiro atoms. The summed E-state index contributed by atoms with van der Waals surface area (Å²) in [5.41, 5.74) is -2.32. The minimum absolute atomic E-state index is 0.220. The molecule has 6 N–H and O–H groups in total. The Labute approximate surface area is 177 Å². The maximum Gasteiger partial charge on any atom is 0.490 e. The number of phosphoric acid groups is 3. The van der Waals surface area contributed by atoms with Gasteiger partial charge in [0.1, 0.15) is 30.0 Å². The molecule has 1 aromatic heterocycles. The fraction of sp³-hybridized carbons (Fsp3) is 0.667. The topological polar surface area (TPSA) is 257 Å². The standard InChI is InChI=1S/C9H14ClFN3O14P3/c10-9(3-11)6(16)4(26-7(9)14-8(17)13-5(15)1-12-14)2-25-30(21,22)28-31(23,24)27-29(18,19)20/h1,4,6-7,16H,2-3H2,(H,21,22)(H,23,24)(H,13,15,17)(H2,18,19,20)/t4-,6+,7-,9?/m1/s1/i2D2. The van der Waals surface area contributed by atoms with Gasteiger partial charge in [-0.1, -0.05) is 0 Å². The summed E-state index contributed by atoms with van der Waals surface area (Å²) in [4.78, 5) is 57.7. The number of aliphatic hydroxyl groups is 1. The van der Waals surface area contributed by atoms with Crippen LogP contribution in [0.5, 0.6) is 0 Å². The Morgan fingerprint density at radius 2 is 1.90 bits per heavy atom. The molecule has 1 aliphatic heterocycles. The molecule has 0 aromatic carbocycles. The van der Waals surface area contributed by atoms with Gasteiger partial charge in [0.25, 0.3) is 5.56 Å². The lowest BCUT2D eigenvalue weighted by molar-refractivity contribution is -0.0520. The zero-order chi connectivity index (χ0) is 25.6. The highest BCUT2D eigenvalue weighted by molar-refractivity contribution is 7.66. The van der Waals surface area contributed by atoms with Crippen molar-refractivity contribution in [2.24, 2.45) is 0 Å². The number of ether oxygens (including phenoxy) is 1. The first-order valence-corrected chi connectivity index (χ1v) is 12.2. The molecule has 0 bridgehead atoms. The SMILES string of the molecule is [2H]C([2H])(OP(=O)(O)OP(=O)(O)OP(=O)(O)O)[C@H]1O[C@@H](n2ncc(=O)[nH]c2=O)C(Cl)(CF)[C@H]1O. The molecule has 3 unspecified atom stereocenters. The smallest absolute Gasteiger partial charge is 0.388 e. The van der Waals surface area contributed by atoms with E-state index in [1.807, 2.05) is 0 Å². The van der Waals surface area contributed by atoms with E-state index in [0.717, 1.165) is 0 Å². The van der Waals surface area contributed by atoms with Gasteiger partial charge in [-0.05, 0) is 0 Å². The molecule has 1 saturated heterocycles. The van der Waals surface area contributed by atoms with Crippen molar-refractivity contribution in [2.75, 3.05) is 13.2 Å². The van der Waals surface area contributed by atoms with Gasteiger partial charge in [-0.3, -0.25) is 14.3 Å². The van der Waals surface area contributed by atoms with Crippen LogP contribution in [0.1, 0.15) is 8.97 Å². The van der Waals surface area contributed by atoms with Crippen molar-refractivity contribution in [1.82, 2.24) is 14.8 Å². The maximum atomic E-state index is 13.7. The molecule has 31 heavy (non-hydrogen) atoms. The van der Waals surface area contributed by atoms with E-state index >= 15 is 0 Å². The minimum atomic E-state index is -6.07. The molecular formula is C9H14ClFN3O14P3. The average molecular weight is 538 g/mol. The second-order valence-corrected chi connectivity index (χ2v) is 10.6. The second-order valence-electron chi connectivity index (χ2n) is 5.60. The van der Waals surface area contributed by atoms with E-state index in [0.29, 0.717) is 6.20 Å². The van der Waals surface area contributed by atoms with Gasteiger partial charge in [0.15, 0.2) is 6.23 Å². The third-order valence-corrected chi connectivity index (χ3v) is 7.50. The van der Waals surface area contributed by atoms with Crippen molar-refractivity contribution in [3.8, 4) is 0 Å². The van der Waals surface area contributed by atoms with Crippen LogP contribution in [0.2, 0.25) is 0 Å². The van der Waals surface area contributed by atoms with Gasteiger partial charge >= 0.3 is 29.2 Å². The summed E-state index contributed by atoms with van der Waals surface area (Å²) in [7, 11) is -17.8. The third kappa shape index (κ3) is 6.58. The Bertz CT molecular complexity index is 1160. The van der Waals surface area contributed by atoms with E-state index < -0.39 is 71.3 Å². The molecular weight excluding hydrogens is 521 g/mol. The predicted octanol–water partition coefficient (Wildman–Crippen LogP) is -1.52. The molecule has 1 fully saturated rings. The van der Waals surface area contributed by atoms with E-state index in [-0.39, 0.29) is 4.68 Å². The van der Waals surface area contributed by atoms with Crippen molar-refractivity contribution in [3.63, 3.8) is 0 Å². The van der Waals surface area contributed by atoms with Gasteiger partial charge in [-0.25, -0.2) is 22.9 Å². The maximum absolute atomic E-state index is 13.7. The van der Waals surface area contributed by atoms with Crippen LogP contribution in [-0.2, 0) is 31.6 Å². The number of aromatic nitrogens is 3. The van der Waals surface area contributed by atoms with Gasteiger partial charge in [0.05, 0.1) is 9.30 Å². The number of aliphatic hydroxyl groups excluding tert-OH is 1. The summed E-state index contributed by atoms with van der Waals surface area (Å²) < 4.78 is 79.2. The van der Waals surface area contributed by atoms with E-state index in [9.17, 15) is 37.7 Å². The van der Waals surface area contributed by atoms with Crippen LogP contribution in [0.25, 0.3) is 0 Å². The average Bonchev–Trinajstić information content (AvgIpc) is 2.83. The zero-order valence-corrected chi connectivity index (χ0v) is 17.9. The second kappa shape index (κ2) is 9.19. The largest absolute Gasteiger partial charge is 0.490 e. The summed E-state index contributed by atoms with van der Waals surface area (Å²) in [6, 6.07) is 0. The van der Waals surface area contributed by atoms with E-state index in [1.165, 1.54) is 0 Å². The third-order valence-electron chi connectivity index (χ3n) is 3.33. The van der Waals surface area contributed by atoms with Crippen LogP contribution in [0, 0.1) is 0 Å². The highest BCUT2D eigenvalue weighted by Gasteiger charge is 2.58. The molecule has 1 aromatic rings. The first-order valence-electron chi connectivity index (χ1n) is 8.34.